The number of phenolic OH excluding ortho intramolecular Hbond substituents is 1. The predicted octanol–water partition coefficient (Wildman–Crippen LogP) is 3.82. The van der Waals surface area contributed by atoms with Crippen LogP contribution in [-0.2, 0) is 0 Å². The molecule has 0 spiro atoms. The fourth-order valence-corrected chi connectivity index (χ4v) is 3.38. The topological polar surface area (TPSA) is 67.5 Å². The third-order valence-corrected chi connectivity index (χ3v) is 4.49. The van der Waals surface area contributed by atoms with Crippen molar-refractivity contribution >= 4 is 49.0 Å². The van der Waals surface area contributed by atoms with Gasteiger partial charge >= 0.3 is 0 Å². The summed E-state index contributed by atoms with van der Waals surface area (Å²) in [5.74, 6) is 0.615. The van der Waals surface area contributed by atoms with Gasteiger partial charge in [-0.2, -0.15) is 9.78 Å². The Morgan fingerprint density at radius 3 is 2.57 bits per heavy atom. The summed E-state index contributed by atoms with van der Waals surface area (Å²) in [6.45, 7) is 1.73. The first-order chi connectivity index (χ1) is 11.0. The van der Waals surface area contributed by atoms with E-state index in [-0.39, 0.29) is 11.3 Å². The molecule has 7 heteroatoms. The molecule has 1 aromatic heterocycles. The van der Waals surface area contributed by atoms with Gasteiger partial charge < -0.3 is 5.11 Å². The molecule has 0 aliphatic carbocycles. The third-order valence-electron chi connectivity index (χ3n) is 3.28. The Labute approximate surface area is 148 Å². The van der Waals surface area contributed by atoms with E-state index in [0.29, 0.717) is 25.7 Å². The highest BCUT2D eigenvalue weighted by atomic mass is 79.9. The van der Waals surface area contributed by atoms with Gasteiger partial charge in [0.05, 0.1) is 26.1 Å². The van der Waals surface area contributed by atoms with Crippen LogP contribution in [0.5, 0.6) is 5.75 Å². The van der Waals surface area contributed by atoms with Gasteiger partial charge in [-0.15, -0.1) is 0 Å². The first kappa shape index (κ1) is 15.9. The van der Waals surface area contributed by atoms with Gasteiger partial charge in [-0.05, 0) is 68.6 Å². The van der Waals surface area contributed by atoms with Crippen LogP contribution < -0.4 is 5.56 Å². The number of halogens is 2. The lowest BCUT2D eigenvalue weighted by Gasteiger charge is -2.06. The molecule has 23 heavy (non-hydrogen) atoms. The molecule has 0 aliphatic rings. The maximum Gasteiger partial charge on any atom is 0.282 e. The molecule has 0 bridgehead atoms. The van der Waals surface area contributed by atoms with Gasteiger partial charge in [0.2, 0.25) is 0 Å². The first-order valence-electron chi connectivity index (χ1n) is 6.68. The Bertz CT molecular complexity index is 973. The molecule has 0 unspecified atom stereocenters. The zero-order valence-electron chi connectivity index (χ0n) is 12.0. The van der Waals surface area contributed by atoms with Gasteiger partial charge in [0, 0.05) is 0 Å². The molecule has 3 aromatic rings. The molecule has 116 valence electrons. The van der Waals surface area contributed by atoms with Gasteiger partial charge in [-0.25, -0.2) is 4.98 Å². The van der Waals surface area contributed by atoms with E-state index in [0.717, 1.165) is 5.56 Å². The Hall–Kier alpha value is -1.99. The van der Waals surface area contributed by atoms with Crippen molar-refractivity contribution in [2.45, 2.75) is 6.92 Å². The number of fused-ring (bicyclic) bond motifs is 1. The zero-order chi connectivity index (χ0) is 16.6. The predicted molar refractivity (Wildman–Crippen MR) is 97.2 cm³/mol. The number of rotatable bonds is 2. The molecule has 0 fully saturated rings. The quantitative estimate of drug-likeness (QED) is 0.621. The van der Waals surface area contributed by atoms with Crippen molar-refractivity contribution in [3.05, 3.63) is 67.1 Å². The van der Waals surface area contributed by atoms with Crippen LogP contribution in [0, 0.1) is 6.92 Å². The molecule has 0 amide bonds. The number of benzene rings is 2. The monoisotopic (exact) mass is 435 g/mol. The maximum atomic E-state index is 12.5. The zero-order valence-corrected chi connectivity index (χ0v) is 15.2. The highest BCUT2D eigenvalue weighted by Crippen LogP contribution is 2.32. The van der Waals surface area contributed by atoms with Crippen molar-refractivity contribution < 1.29 is 5.11 Å². The molecule has 0 radical (unpaired) electrons. The molecule has 5 nitrogen and oxygen atoms in total. The van der Waals surface area contributed by atoms with E-state index >= 15 is 0 Å². The van der Waals surface area contributed by atoms with E-state index in [9.17, 15) is 9.90 Å². The highest BCUT2D eigenvalue weighted by Gasteiger charge is 2.07. The third kappa shape index (κ3) is 3.07. The molecule has 1 heterocycles. The number of aromatic hydroxyl groups is 1. The van der Waals surface area contributed by atoms with Crippen LogP contribution in [0.25, 0.3) is 10.9 Å². The Morgan fingerprint density at radius 2 is 1.87 bits per heavy atom. The molecule has 0 saturated carbocycles. The smallest absolute Gasteiger partial charge is 0.282 e. The first-order valence-corrected chi connectivity index (χ1v) is 8.27. The van der Waals surface area contributed by atoms with E-state index in [1.54, 1.807) is 43.5 Å². The van der Waals surface area contributed by atoms with Crippen LogP contribution in [0.3, 0.4) is 0 Å². The van der Waals surface area contributed by atoms with Crippen molar-refractivity contribution in [1.82, 2.24) is 9.66 Å². The van der Waals surface area contributed by atoms with Crippen LogP contribution in [0.1, 0.15) is 11.4 Å². The SMILES string of the molecule is Cc1nc2ccccc2c(=O)n1/N=C/c1cc(Br)c(O)c(Br)c1. The summed E-state index contributed by atoms with van der Waals surface area (Å²) in [6.07, 6.45) is 1.54. The second-order valence-electron chi connectivity index (χ2n) is 4.87. The minimum atomic E-state index is -0.221. The molecule has 0 atom stereocenters. The summed E-state index contributed by atoms with van der Waals surface area (Å²) in [4.78, 5) is 16.9. The fraction of sp³-hybridized carbons (Fsp3) is 0.0625. The van der Waals surface area contributed by atoms with Crippen LogP contribution in [0.4, 0.5) is 0 Å². The van der Waals surface area contributed by atoms with Crippen molar-refractivity contribution in [3.63, 3.8) is 0 Å². The van der Waals surface area contributed by atoms with Gasteiger partial charge in [0.1, 0.15) is 11.6 Å². The molecule has 1 N–H and O–H groups in total. The minimum absolute atomic E-state index is 0.114. The number of aromatic nitrogens is 2. The van der Waals surface area contributed by atoms with Gasteiger partial charge in [0.15, 0.2) is 0 Å². The van der Waals surface area contributed by atoms with Crippen LogP contribution in [-0.4, -0.2) is 21.0 Å². The molecular formula is C16H11Br2N3O2. The van der Waals surface area contributed by atoms with Crippen LogP contribution >= 0.6 is 31.9 Å². The lowest BCUT2D eigenvalue weighted by Crippen LogP contribution is -2.20. The number of nitrogens with zero attached hydrogens (tertiary/aromatic N) is 3. The van der Waals surface area contributed by atoms with E-state index < -0.39 is 0 Å². The van der Waals surface area contributed by atoms with Crippen LogP contribution in [0.15, 0.2) is 55.2 Å². The second kappa shape index (κ2) is 6.25. The van der Waals surface area contributed by atoms with Gasteiger partial charge in [-0.3, -0.25) is 4.79 Å². The summed E-state index contributed by atoms with van der Waals surface area (Å²) < 4.78 is 2.33. The van der Waals surface area contributed by atoms with Crippen molar-refractivity contribution in [2.75, 3.05) is 0 Å². The number of phenols is 1. The highest BCUT2D eigenvalue weighted by molar-refractivity contribution is 9.11. The lowest BCUT2D eigenvalue weighted by atomic mass is 10.2. The minimum Gasteiger partial charge on any atom is -0.506 e. The van der Waals surface area contributed by atoms with E-state index in [4.69, 9.17) is 0 Å². The second-order valence-corrected chi connectivity index (χ2v) is 6.58. The van der Waals surface area contributed by atoms with Gasteiger partial charge in [0.25, 0.3) is 5.56 Å². The lowest BCUT2D eigenvalue weighted by molar-refractivity contribution is 0.468. The van der Waals surface area contributed by atoms with Crippen molar-refractivity contribution in [2.24, 2.45) is 5.10 Å². The normalized spacial score (nSPS) is 11.4. The standard InChI is InChI=1S/C16H11Br2N3O2/c1-9-20-14-5-3-2-4-11(14)16(23)21(9)19-8-10-6-12(17)15(22)13(18)7-10/h2-8,22H,1H3/b19-8+. The summed E-state index contributed by atoms with van der Waals surface area (Å²) in [5, 5.41) is 14.5. The maximum absolute atomic E-state index is 12.5. The van der Waals surface area contributed by atoms with E-state index in [1.165, 1.54) is 4.68 Å². The summed E-state index contributed by atoms with van der Waals surface area (Å²) in [6, 6.07) is 10.6. The fourth-order valence-electron chi connectivity index (χ4n) is 2.15. The Kier molecular flexibility index (Phi) is 4.32. The Morgan fingerprint density at radius 1 is 1.22 bits per heavy atom. The summed E-state index contributed by atoms with van der Waals surface area (Å²) in [5.41, 5.74) is 1.15. The molecule has 0 aliphatic heterocycles. The van der Waals surface area contributed by atoms with Crippen LogP contribution in [0.2, 0.25) is 0 Å². The van der Waals surface area contributed by atoms with Crippen molar-refractivity contribution in [1.29, 1.82) is 0 Å². The number of aryl methyl sites for hydroxylation is 1. The molecular weight excluding hydrogens is 426 g/mol. The van der Waals surface area contributed by atoms with Crippen molar-refractivity contribution in [3.8, 4) is 5.75 Å². The molecule has 0 saturated heterocycles. The summed E-state index contributed by atoms with van der Waals surface area (Å²) >= 11 is 6.52. The number of para-hydroxylation sites is 1. The van der Waals surface area contributed by atoms with E-state index in [2.05, 4.69) is 41.9 Å². The molecule has 3 rings (SSSR count). The average Bonchev–Trinajstić information content (AvgIpc) is 2.52. The number of hydrogen-bond donors (Lipinski definition) is 1. The van der Waals surface area contributed by atoms with Gasteiger partial charge in [-0.1, -0.05) is 12.1 Å². The Balaban J connectivity index is 2.10. The number of hydrogen-bond acceptors (Lipinski definition) is 4. The summed E-state index contributed by atoms with van der Waals surface area (Å²) in [7, 11) is 0. The average molecular weight is 437 g/mol. The van der Waals surface area contributed by atoms with E-state index in [1.807, 2.05) is 6.07 Å². The largest absolute Gasteiger partial charge is 0.506 e. The molecule has 2 aromatic carbocycles.